The number of rotatable bonds is 6. The summed E-state index contributed by atoms with van der Waals surface area (Å²) in [4.78, 5) is 8.19. The maximum atomic E-state index is 5.32. The number of hydrogen-bond acceptors (Lipinski definition) is 4. The standard InChI is InChI=1S/C12H19N3O/c1-2-16-12-8-11(14-9-15-12)13-7-6-10-4-3-5-10/h8-10H,2-7H2,1H3,(H,13,14,15). The van der Waals surface area contributed by atoms with Crippen LogP contribution < -0.4 is 10.1 Å². The van der Waals surface area contributed by atoms with Crippen molar-refractivity contribution in [3.8, 4) is 5.88 Å². The van der Waals surface area contributed by atoms with Crippen molar-refractivity contribution in [2.45, 2.75) is 32.6 Å². The van der Waals surface area contributed by atoms with Gasteiger partial charge < -0.3 is 10.1 Å². The van der Waals surface area contributed by atoms with Gasteiger partial charge in [-0.1, -0.05) is 19.3 Å². The van der Waals surface area contributed by atoms with Gasteiger partial charge in [0.1, 0.15) is 12.1 Å². The van der Waals surface area contributed by atoms with Crippen molar-refractivity contribution >= 4 is 5.82 Å². The van der Waals surface area contributed by atoms with Crippen LogP contribution in [0.2, 0.25) is 0 Å². The first-order chi connectivity index (χ1) is 7.88. The Morgan fingerprint density at radius 2 is 2.31 bits per heavy atom. The number of nitrogens with one attached hydrogen (secondary N) is 1. The number of hydrogen-bond donors (Lipinski definition) is 1. The summed E-state index contributed by atoms with van der Waals surface area (Å²) in [6, 6.07) is 1.85. The molecule has 1 aliphatic carbocycles. The molecule has 1 aromatic heterocycles. The first kappa shape index (κ1) is 11.2. The van der Waals surface area contributed by atoms with Crippen molar-refractivity contribution in [2.75, 3.05) is 18.5 Å². The Morgan fingerprint density at radius 3 is 3.00 bits per heavy atom. The molecule has 88 valence electrons. The second-order valence-corrected chi connectivity index (χ2v) is 4.19. The summed E-state index contributed by atoms with van der Waals surface area (Å²) in [7, 11) is 0. The van der Waals surface area contributed by atoms with E-state index in [1.807, 2.05) is 13.0 Å². The maximum Gasteiger partial charge on any atom is 0.218 e. The maximum absolute atomic E-state index is 5.32. The molecule has 1 fully saturated rings. The van der Waals surface area contributed by atoms with Gasteiger partial charge in [0.05, 0.1) is 6.61 Å². The Balaban J connectivity index is 1.76. The lowest BCUT2D eigenvalue weighted by Crippen LogP contribution is -2.16. The molecule has 0 atom stereocenters. The van der Waals surface area contributed by atoms with Crippen LogP contribution in [0.1, 0.15) is 32.6 Å². The van der Waals surface area contributed by atoms with E-state index >= 15 is 0 Å². The monoisotopic (exact) mass is 221 g/mol. The molecule has 0 amide bonds. The molecule has 0 radical (unpaired) electrons. The van der Waals surface area contributed by atoms with Gasteiger partial charge in [-0.3, -0.25) is 0 Å². The van der Waals surface area contributed by atoms with Crippen molar-refractivity contribution in [3.63, 3.8) is 0 Å². The summed E-state index contributed by atoms with van der Waals surface area (Å²) < 4.78 is 5.32. The summed E-state index contributed by atoms with van der Waals surface area (Å²) in [5.74, 6) is 2.43. The van der Waals surface area contributed by atoms with Crippen LogP contribution in [-0.2, 0) is 0 Å². The van der Waals surface area contributed by atoms with Gasteiger partial charge in [0.25, 0.3) is 0 Å². The minimum Gasteiger partial charge on any atom is -0.478 e. The first-order valence-electron chi connectivity index (χ1n) is 6.07. The minimum atomic E-state index is 0.637. The van der Waals surface area contributed by atoms with Gasteiger partial charge in [0.15, 0.2) is 0 Å². The number of aromatic nitrogens is 2. The fourth-order valence-electron chi connectivity index (χ4n) is 1.85. The summed E-state index contributed by atoms with van der Waals surface area (Å²) in [6.07, 6.45) is 6.99. The SMILES string of the molecule is CCOc1cc(NCCC2CCC2)ncn1. The molecule has 1 heterocycles. The lowest BCUT2D eigenvalue weighted by molar-refractivity contribution is 0.302. The number of anilines is 1. The molecule has 1 aliphatic rings. The Bertz CT molecular complexity index is 326. The highest BCUT2D eigenvalue weighted by Gasteiger charge is 2.16. The normalized spacial score (nSPS) is 15.6. The van der Waals surface area contributed by atoms with E-state index in [0.29, 0.717) is 12.5 Å². The van der Waals surface area contributed by atoms with E-state index in [2.05, 4.69) is 15.3 Å². The molecule has 0 saturated heterocycles. The quantitative estimate of drug-likeness (QED) is 0.801. The molecule has 2 rings (SSSR count). The molecule has 0 spiro atoms. The van der Waals surface area contributed by atoms with Crippen molar-refractivity contribution in [1.29, 1.82) is 0 Å². The summed E-state index contributed by atoms with van der Waals surface area (Å²) in [5.41, 5.74) is 0. The van der Waals surface area contributed by atoms with E-state index in [1.165, 1.54) is 32.0 Å². The van der Waals surface area contributed by atoms with Crippen LogP contribution in [0.15, 0.2) is 12.4 Å². The lowest BCUT2D eigenvalue weighted by Gasteiger charge is -2.25. The van der Waals surface area contributed by atoms with Gasteiger partial charge in [-0.15, -0.1) is 0 Å². The van der Waals surface area contributed by atoms with Gasteiger partial charge in [-0.05, 0) is 19.3 Å². The van der Waals surface area contributed by atoms with E-state index in [9.17, 15) is 0 Å². The molecule has 0 bridgehead atoms. The van der Waals surface area contributed by atoms with Crippen LogP contribution in [-0.4, -0.2) is 23.1 Å². The molecule has 1 N–H and O–H groups in total. The minimum absolute atomic E-state index is 0.637. The highest BCUT2D eigenvalue weighted by atomic mass is 16.5. The van der Waals surface area contributed by atoms with Gasteiger partial charge >= 0.3 is 0 Å². The van der Waals surface area contributed by atoms with Crippen LogP contribution in [0.4, 0.5) is 5.82 Å². The topological polar surface area (TPSA) is 47.0 Å². The summed E-state index contributed by atoms with van der Waals surface area (Å²) >= 11 is 0. The van der Waals surface area contributed by atoms with Crippen LogP contribution in [0.5, 0.6) is 5.88 Å². The predicted octanol–water partition coefficient (Wildman–Crippen LogP) is 2.48. The molecule has 1 aromatic rings. The molecule has 16 heavy (non-hydrogen) atoms. The third-order valence-electron chi connectivity index (χ3n) is 3.02. The molecule has 4 heteroatoms. The Labute approximate surface area is 96.4 Å². The lowest BCUT2D eigenvalue weighted by atomic mass is 9.83. The fourth-order valence-corrected chi connectivity index (χ4v) is 1.85. The van der Waals surface area contributed by atoms with Crippen molar-refractivity contribution in [1.82, 2.24) is 9.97 Å². The molecule has 0 aliphatic heterocycles. The van der Waals surface area contributed by atoms with Crippen LogP contribution in [0.25, 0.3) is 0 Å². The van der Waals surface area contributed by atoms with Gasteiger partial charge in [-0.25, -0.2) is 9.97 Å². The second kappa shape index (κ2) is 5.68. The van der Waals surface area contributed by atoms with E-state index < -0.39 is 0 Å². The fraction of sp³-hybridized carbons (Fsp3) is 0.667. The van der Waals surface area contributed by atoms with E-state index in [1.54, 1.807) is 0 Å². The third kappa shape index (κ3) is 3.08. The van der Waals surface area contributed by atoms with Gasteiger partial charge in [0.2, 0.25) is 5.88 Å². The highest BCUT2D eigenvalue weighted by Crippen LogP contribution is 2.29. The largest absolute Gasteiger partial charge is 0.478 e. The average Bonchev–Trinajstić information content (AvgIpc) is 2.23. The first-order valence-corrected chi connectivity index (χ1v) is 6.07. The zero-order chi connectivity index (χ0) is 11.2. The smallest absolute Gasteiger partial charge is 0.218 e. The average molecular weight is 221 g/mol. The second-order valence-electron chi connectivity index (χ2n) is 4.19. The van der Waals surface area contributed by atoms with E-state index in [-0.39, 0.29) is 0 Å². The Morgan fingerprint density at radius 1 is 1.44 bits per heavy atom. The Kier molecular flexibility index (Phi) is 3.97. The van der Waals surface area contributed by atoms with Gasteiger partial charge in [-0.2, -0.15) is 0 Å². The molecule has 0 aromatic carbocycles. The number of ether oxygens (including phenoxy) is 1. The van der Waals surface area contributed by atoms with E-state index in [0.717, 1.165) is 18.3 Å². The van der Waals surface area contributed by atoms with Crippen molar-refractivity contribution in [3.05, 3.63) is 12.4 Å². The van der Waals surface area contributed by atoms with E-state index in [4.69, 9.17) is 4.74 Å². The zero-order valence-electron chi connectivity index (χ0n) is 9.78. The zero-order valence-corrected chi connectivity index (χ0v) is 9.78. The molecular formula is C12H19N3O. The molecule has 4 nitrogen and oxygen atoms in total. The van der Waals surface area contributed by atoms with Gasteiger partial charge in [0, 0.05) is 12.6 Å². The van der Waals surface area contributed by atoms with Crippen molar-refractivity contribution < 1.29 is 4.74 Å². The van der Waals surface area contributed by atoms with Crippen LogP contribution in [0, 0.1) is 5.92 Å². The number of nitrogens with zero attached hydrogens (tertiary/aromatic N) is 2. The molecular weight excluding hydrogens is 202 g/mol. The summed E-state index contributed by atoms with van der Waals surface area (Å²) in [6.45, 7) is 3.58. The Hall–Kier alpha value is -1.32. The van der Waals surface area contributed by atoms with Crippen LogP contribution >= 0.6 is 0 Å². The van der Waals surface area contributed by atoms with Crippen molar-refractivity contribution in [2.24, 2.45) is 5.92 Å². The summed E-state index contributed by atoms with van der Waals surface area (Å²) in [5, 5.41) is 3.31. The van der Waals surface area contributed by atoms with Crippen LogP contribution in [0.3, 0.4) is 0 Å². The third-order valence-corrected chi connectivity index (χ3v) is 3.02. The highest BCUT2D eigenvalue weighted by molar-refractivity contribution is 5.36. The molecule has 1 saturated carbocycles. The molecule has 0 unspecified atom stereocenters. The predicted molar refractivity (Wildman–Crippen MR) is 63.6 cm³/mol.